The van der Waals surface area contributed by atoms with Crippen LogP contribution in [0.4, 0.5) is 4.39 Å². The van der Waals surface area contributed by atoms with Gasteiger partial charge >= 0.3 is 0 Å². The highest BCUT2D eigenvalue weighted by molar-refractivity contribution is 5.84. The van der Waals surface area contributed by atoms with Crippen LogP contribution >= 0.6 is 0 Å². The largest absolute Gasteiger partial charge is 0.354 e. The molecule has 0 heterocycles. The van der Waals surface area contributed by atoms with Crippen molar-refractivity contribution in [3.63, 3.8) is 0 Å². The maximum Gasteiger partial charge on any atom is 0.227 e. The molecule has 1 saturated carbocycles. The van der Waals surface area contributed by atoms with Crippen molar-refractivity contribution >= 4 is 12.2 Å². The molecule has 0 radical (unpaired) electrons. The van der Waals surface area contributed by atoms with Gasteiger partial charge in [0.2, 0.25) is 5.91 Å². The van der Waals surface area contributed by atoms with Gasteiger partial charge < -0.3 is 15.8 Å². The summed E-state index contributed by atoms with van der Waals surface area (Å²) in [6, 6.07) is 4.72. The molecule has 5 heteroatoms. The molecule has 2 aliphatic carbocycles. The van der Waals surface area contributed by atoms with Gasteiger partial charge in [-0.05, 0) is 74.1 Å². The van der Waals surface area contributed by atoms with Crippen LogP contribution in [-0.4, -0.2) is 24.8 Å². The second kappa shape index (κ2) is 8.76. The molecule has 0 spiro atoms. The summed E-state index contributed by atoms with van der Waals surface area (Å²) in [6.07, 6.45) is 8.37. The van der Waals surface area contributed by atoms with Crippen molar-refractivity contribution in [2.24, 2.45) is 17.6 Å². The number of nitrogens with two attached hydrogens (primary N) is 1. The fraction of sp³-hybridized carbons (Fsp3) is 0.619. The molecule has 3 rings (SSSR count). The van der Waals surface area contributed by atoms with Gasteiger partial charge in [-0.15, -0.1) is 0 Å². The Labute approximate surface area is 154 Å². The Kier molecular flexibility index (Phi) is 6.41. The van der Waals surface area contributed by atoms with E-state index < -0.39 is 0 Å². The predicted molar refractivity (Wildman–Crippen MR) is 99.2 cm³/mol. The highest BCUT2D eigenvalue weighted by Gasteiger charge is 2.28. The van der Waals surface area contributed by atoms with Gasteiger partial charge in [0.15, 0.2) is 0 Å². The number of halogens is 1. The fourth-order valence-corrected chi connectivity index (χ4v) is 4.43. The maximum atomic E-state index is 13.7. The quantitative estimate of drug-likeness (QED) is 0.626. The van der Waals surface area contributed by atoms with Crippen LogP contribution in [-0.2, 0) is 16.0 Å². The molecule has 1 aromatic rings. The first-order chi connectivity index (χ1) is 12.6. The summed E-state index contributed by atoms with van der Waals surface area (Å²) in [7, 11) is 0. The number of carbonyl (C=O) groups is 2. The first kappa shape index (κ1) is 19.0. The van der Waals surface area contributed by atoms with Crippen molar-refractivity contribution in [3.8, 4) is 0 Å². The summed E-state index contributed by atoms with van der Waals surface area (Å²) in [6.45, 7) is 0.441. The van der Waals surface area contributed by atoms with E-state index in [2.05, 4.69) is 5.32 Å². The highest BCUT2D eigenvalue weighted by Crippen LogP contribution is 2.32. The maximum absolute atomic E-state index is 13.7. The molecule has 2 atom stereocenters. The van der Waals surface area contributed by atoms with Gasteiger partial charge in [-0.3, -0.25) is 4.79 Å². The van der Waals surface area contributed by atoms with E-state index in [1.165, 1.54) is 12.1 Å². The predicted octanol–water partition coefficient (Wildman–Crippen LogP) is 3.08. The van der Waals surface area contributed by atoms with Gasteiger partial charge in [0.1, 0.15) is 12.1 Å². The zero-order valence-corrected chi connectivity index (χ0v) is 15.3. The second-order valence-electron chi connectivity index (χ2n) is 7.86. The summed E-state index contributed by atoms with van der Waals surface area (Å²) < 4.78 is 13.7. The number of amides is 1. The van der Waals surface area contributed by atoms with E-state index in [-0.39, 0.29) is 29.6 Å². The molecule has 3 N–H and O–H groups in total. The number of nitrogens with one attached hydrogen (secondary N) is 1. The van der Waals surface area contributed by atoms with Gasteiger partial charge in [-0.25, -0.2) is 4.39 Å². The Morgan fingerprint density at radius 3 is 2.73 bits per heavy atom. The van der Waals surface area contributed by atoms with Gasteiger partial charge in [0.25, 0.3) is 0 Å². The van der Waals surface area contributed by atoms with Crippen LogP contribution in [0.5, 0.6) is 0 Å². The lowest BCUT2D eigenvalue weighted by atomic mass is 9.79. The molecule has 1 fully saturated rings. The number of hydrogen-bond donors (Lipinski definition) is 2. The van der Waals surface area contributed by atoms with Gasteiger partial charge in [0, 0.05) is 18.5 Å². The fourth-order valence-electron chi connectivity index (χ4n) is 4.43. The molecule has 0 aromatic heterocycles. The summed E-state index contributed by atoms with van der Waals surface area (Å²) in [5, 5.41) is 3.01. The molecule has 2 aliphatic rings. The average Bonchev–Trinajstić information content (AvgIpc) is 2.88. The van der Waals surface area contributed by atoms with Crippen LogP contribution in [0.3, 0.4) is 0 Å². The summed E-state index contributed by atoms with van der Waals surface area (Å²) >= 11 is 0. The third-order valence-corrected chi connectivity index (χ3v) is 6.12. The first-order valence-electron chi connectivity index (χ1n) is 9.85. The Hall–Kier alpha value is -1.75. The van der Waals surface area contributed by atoms with Crippen LogP contribution in [0.1, 0.15) is 62.0 Å². The molecule has 2 unspecified atom stereocenters. The van der Waals surface area contributed by atoms with Gasteiger partial charge in [-0.2, -0.15) is 0 Å². The minimum absolute atomic E-state index is 0.0456. The van der Waals surface area contributed by atoms with Crippen LogP contribution in [0.2, 0.25) is 0 Å². The lowest BCUT2D eigenvalue weighted by Gasteiger charge is -2.30. The van der Waals surface area contributed by atoms with Crippen molar-refractivity contribution in [2.75, 3.05) is 6.54 Å². The van der Waals surface area contributed by atoms with Crippen LogP contribution in [0, 0.1) is 17.7 Å². The van der Waals surface area contributed by atoms with E-state index in [0.29, 0.717) is 12.5 Å². The molecule has 1 aromatic carbocycles. The van der Waals surface area contributed by atoms with Crippen molar-refractivity contribution in [2.45, 2.75) is 63.3 Å². The average molecular weight is 360 g/mol. The highest BCUT2D eigenvalue weighted by atomic mass is 19.1. The molecule has 0 bridgehead atoms. The molecule has 0 aliphatic heterocycles. The smallest absolute Gasteiger partial charge is 0.227 e. The number of aldehydes is 1. The number of rotatable bonds is 5. The Balaban J connectivity index is 1.58. The number of aryl methyl sites for hydroxylation is 1. The number of carbonyl (C=O) groups excluding carboxylic acids is 2. The van der Waals surface area contributed by atoms with Crippen molar-refractivity contribution < 1.29 is 14.0 Å². The van der Waals surface area contributed by atoms with Crippen molar-refractivity contribution in [1.82, 2.24) is 5.32 Å². The molecule has 142 valence electrons. The van der Waals surface area contributed by atoms with E-state index in [1.54, 1.807) is 0 Å². The monoisotopic (exact) mass is 360 g/mol. The molecule has 0 saturated heterocycles. The number of hydrogen-bond acceptors (Lipinski definition) is 3. The minimum Gasteiger partial charge on any atom is -0.354 e. The molecule has 26 heavy (non-hydrogen) atoms. The van der Waals surface area contributed by atoms with Crippen LogP contribution in [0.25, 0.3) is 0 Å². The van der Waals surface area contributed by atoms with E-state index in [9.17, 15) is 14.0 Å². The number of benzene rings is 1. The Bertz CT molecular complexity index is 641. The first-order valence-corrected chi connectivity index (χ1v) is 9.85. The summed E-state index contributed by atoms with van der Waals surface area (Å²) in [5.41, 5.74) is 8.22. The van der Waals surface area contributed by atoms with E-state index >= 15 is 0 Å². The summed E-state index contributed by atoms with van der Waals surface area (Å²) in [4.78, 5) is 23.6. The zero-order chi connectivity index (χ0) is 18.5. The lowest BCUT2D eigenvalue weighted by molar-refractivity contribution is -0.122. The molecular formula is C21H29FN2O2. The van der Waals surface area contributed by atoms with E-state index in [4.69, 9.17) is 5.73 Å². The Morgan fingerprint density at radius 2 is 2.00 bits per heavy atom. The third-order valence-electron chi connectivity index (χ3n) is 6.12. The SMILES string of the molecule is NC(CNC(=O)C1CCCCc2ccc(F)cc21)C1CCC(C=O)CC1. The van der Waals surface area contributed by atoms with Crippen molar-refractivity contribution in [3.05, 3.63) is 35.1 Å². The Morgan fingerprint density at radius 1 is 1.23 bits per heavy atom. The van der Waals surface area contributed by atoms with Gasteiger partial charge in [0.05, 0.1) is 5.92 Å². The molecular weight excluding hydrogens is 331 g/mol. The lowest BCUT2D eigenvalue weighted by Crippen LogP contribution is -2.44. The van der Waals surface area contributed by atoms with E-state index in [0.717, 1.165) is 68.8 Å². The molecule has 1 amide bonds. The van der Waals surface area contributed by atoms with E-state index in [1.807, 2.05) is 6.07 Å². The minimum atomic E-state index is -0.291. The third kappa shape index (κ3) is 4.50. The zero-order valence-electron chi connectivity index (χ0n) is 15.3. The van der Waals surface area contributed by atoms with Crippen LogP contribution in [0.15, 0.2) is 18.2 Å². The van der Waals surface area contributed by atoms with Crippen LogP contribution < -0.4 is 11.1 Å². The van der Waals surface area contributed by atoms with Crippen molar-refractivity contribution in [1.29, 1.82) is 0 Å². The standard InChI is InChI=1S/C21H29FN2O2/c22-17-10-9-15-3-1-2-4-18(19(15)11-17)21(26)24-12-20(23)16-7-5-14(13-25)6-8-16/h9-11,13-14,16,18,20H,1-8,12,23H2,(H,24,26). The second-order valence-corrected chi connectivity index (χ2v) is 7.86. The molecule has 4 nitrogen and oxygen atoms in total. The number of fused-ring (bicyclic) bond motifs is 1. The normalized spacial score (nSPS) is 27.1. The summed E-state index contributed by atoms with van der Waals surface area (Å²) in [5.74, 6) is -0.0974. The van der Waals surface area contributed by atoms with Gasteiger partial charge in [-0.1, -0.05) is 12.5 Å². The topological polar surface area (TPSA) is 72.2 Å².